The van der Waals surface area contributed by atoms with E-state index in [0.29, 0.717) is 0 Å². The molecule has 0 radical (unpaired) electrons. The smallest absolute Gasteiger partial charge is 0.137 e. The van der Waals surface area contributed by atoms with E-state index in [9.17, 15) is 0 Å². The van der Waals surface area contributed by atoms with Gasteiger partial charge < -0.3 is 15.0 Å². The van der Waals surface area contributed by atoms with Gasteiger partial charge >= 0.3 is 0 Å². The van der Waals surface area contributed by atoms with Crippen LogP contribution < -0.4 is 10.1 Å². The summed E-state index contributed by atoms with van der Waals surface area (Å²) in [5.74, 6) is 0.906. The highest BCUT2D eigenvalue weighted by Crippen LogP contribution is 2.32. The summed E-state index contributed by atoms with van der Waals surface area (Å²) in [6.07, 6.45) is 2.41. The average molecular weight is 394 g/mol. The average Bonchev–Trinajstić information content (AvgIpc) is 2.32. The molecule has 0 aliphatic heterocycles. The Morgan fingerprint density at radius 2 is 1.95 bits per heavy atom. The molecule has 1 aromatic carbocycles. The molecule has 1 rings (SSSR count). The van der Waals surface area contributed by atoms with Gasteiger partial charge in [0.05, 0.1) is 11.6 Å². The summed E-state index contributed by atoms with van der Waals surface area (Å²) in [4.78, 5) is 2.22. The molecule has 0 saturated carbocycles. The van der Waals surface area contributed by atoms with Crippen LogP contribution in [-0.2, 0) is 6.54 Å². The second-order valence-corrected chi connectivity index (χ2v) is 6.54. The Balaban J connectivity index is 2.40. The van der Waals surface area contributed by atoms with Gasteiger partial charge in [0.1, 0.15) is 5.75 Å². The van der Waals surface area contributed by atoms with E-state index in [0.717, 1.165) is 39.9 Å². The minimum absolute atomic E-state index is 0.823. The Bertz CT molecular complexity index is 397. The summed E-state index contributed by atoms with van der Waals surface area (Å²) in [6, 6.07) is 4.09. The highest BCUT2D eigenvalue weighted by Gasteiger charge is 2.08. The van der Waals surface area contributed by atoms with Crippen LogP contribution >= 0.6 is 31.9 Å². The van der Waals surface area contributed by atoms with Crippen LogP contribution in [0, 0.1) is 0 Å². The molecule has 1 N–H and O–H groups in total. The van der Waals surface area contributed by atoms with Crippen molar-refractivity contribution in [3.05, 3.63) is 26.6 Å². The van der Waals surface area contributed by atoms with Gasteiger partial charge in [-0.3, -0.25) is 0 Å². The Kier molecular flexibility index (Phi) is 7.99. The summed E-state index contributed by atoms with van der Waals surface area (Å²) >= 11 is 7.03. The molecule has 19 heavy (non-hydrogen) atoms. The van der Waals surface area contributed by atoms with Gasteiger partial charge in [0, 0.05) is 16.6 Å². The number of hydrogen-bond donors (Lipinski definition) is 1. The molecule has 0 bridgehead atoms. The number of nitrogens with zero attached hydrogens (tertiary/aromatic N) is 1. The fourth-order valence-corrected chi connectivity index (χ4v) is 3.35. The fraction of sp³-hybridized carbons (Fsp3) is 0.571. The quantitative estimate of drug-likeness (QED) is 0.682. The first-order valence-corrected chi connectivity index (χ1v) is 8.00. The molecular weight excluding hydrogens is 372 g/mol. The maximum absolute atomic E-state index is 5.43. The predicted molar refractivity (Wildman–Crippen MR) is 87.9 cm³/mol. The maximum Gasteiger partial charge on any atom is 0.137 e. The summed E-state index contributed by atoms with van der Waals surface area (Å²) in [5.41, 5.74) is 1.16. The van der Waals surface area contributed by atoms with Gasteiger partial charge in [-0.05, 0) is 68.1 Å². The lowest BCUT2D eigenvalue weighted by atomic mass is 10.2. The molecule has 0 unspecified atom stereocenters. The van der Waals surface area contributed by atoms with Gasteiger partial charge in [-0.2, -0.15) is 0 Å². The molecular formula is C14H22Br2N2O. The summed E-state index contributed by atoms with van der Waals surface area (Å²) < 4.78 is 7.47. The van der Waals surface area contributed by atoms with E-state index in [-0.39, 0.29) is 0 Å². The van der Waals surface area contributed by atoms with Gasteiger partial charge in [-0.1, -0.05) is 15.9 Å². The Hall–Kier alpha value is -0.100. The van der Waals surface area contributed by atoms with Crippen molar-refractivity contribution in [3.8, 4) is 5.75 Å². The second-order valence-electron chi connectivity index (χ2n) is 4.77. The third-order valence-corrected chi connectivity index (χ3v) is 3.86. The molecule has 1 aromatic rings. The van der Waals surface area contributed by atoms with Gasteiger partial charge in [0.25, 0.3) is 0 Å². The van der Waals surface area contributed by atoms with Crippen LogP contribution in [-0.4, -0.2) is 39.2 Å². The standard InChI is InChI=1S/C14H22Br2N2O/c1-18(2)7-5-4-6-17-10-11-8-12(15)9-13(16)14(11)19-3/h8-9,17H,4-7,10H2,1-3H3. The molecule has 0 amide bonds. The van der Waals surface area contributed by atoms with Crippen LogP contribution in [0.1, 0.15) is 18.4 Å². The largest absolute Gasteiger partial charge is 0.495 e. The lowest BCUT2D eigenvalue weighted by molar-refractivity contribution is 0.390. The zero-order valence-corrected chi connectivity index (χ0v) is 15.0. The van der Waals surface area contributed by atoms with E-state index < -0.39 is 0 Å². The van der Waals surface area contributed by atoms with Gasteiger partial charge in [0.15, 0.2) is 0 Å². The number of halogens is 2. The second kappa shape index (κ2) is 8.95. The highest BCUT2D eigenvalue weighted by molar-refractivity contribution is 9.11. The van der Waals surface area contributed by atoms with Crippen LogP contribution in [0.5, 0.6) is 5.75 Å². The van der Waals surface area contributed by atoms with Crippen molar-refractivity contribution < 1.29 is 4.74 Å². The first kappa shape index (κ1) is 17.0. The Labute approximate surface area is 133 Å². The highest BCUT2D eigenvalue weighted by atomic mass is 79.9. The molecule has 0 atom stereocenters. The zero-order valence-electron chi connectivity index (χ0n) is 11.8. The fourth-order valence-electron chi connectivity index (χ4n) is 1.87. The number of nitrogens with one attached hydrogen (secondary N) is 1. The van der Waals surface area contributed by atoms with E-state index in [1.165, 1.54) is 12.8 Å². The number of rotatable bonds is 8. The molecule has 5 heteroatoms. The molecule has 3 nitrogen and oxygen atoms in total. The third-order valence-electron chi connectivity index (χ3n) is 2.81. The van der Waals surface area contributed by atoms with Crippen LogP contribution in [0.2, 0.25) is 0 Å². The maximum atomic E-state index is 5.43. The molecule has 0 saturated heterocycles. The first-order chi connectivity index (χ1) is 9.04. The normalized spacial score (nSPS) is 11.1. The van der Waals surface area contributed by atoms with E-state index in [4.69, 9.17) is 4.74 Å². The minimum atomic E-state index is 0.823. The lowest BCUT2D eigenvalue weighted by Gasteiger charge is -2.13. The lowest BCUT2D eigenvalue weighted by Crippen LogP contribution is -2.18. The number of benzene rings is 1. The van der Waals surface area contributed by atoms with Crippen molar-refractivity contribution in [1.29, 1.82) is 0 Å². The number of ether oxygens (including phenoxy) is 1. The van der Waals surface area contributed by atoms with E-state index in [1.807, 2.05) is 6.07 Å². The van der Waals surface area contributed by atoms with Crippen molar-refractivity contribution in [2.45, 2.75) is 19.4 Å². The summed E-state index contributed by atoms with van der Waals surface area (Å²) in [7, 11) is 5.92. The zero-order chi connectivity index (χ0) is 14.3. The number of methoxy groups -OCH3 is 1. The van der Waals surface area contributed by atoms with Crippen LogP contribution in [0.4, 0.5) is 0 Å². The van der Waals surface area contributed by atoms with E-state index >= 15 is 0 Å². The topological polar surface area (TPSA) is 24.5 Å². The van der Waals surface area contributed by atoms with Gasteiger partial charge in [0.2, 0.25) is 0 Å². The van der Waals surface area contributed by atoms with Gasteiger partial charge in [-0.25, -0.2) is 0 Å². The molecule has 0 aliphatic rings. The van der Waals surface area contributed by atoms with Crippen molar-refractivity contribution in [2.75, 3.05) is 34.3 Å². The Morgan fingerprint density at radius 3 is 2.58 bits per heavy atom. The molecule has 0 heterocycles. The summed E-state index contributed by atoms with van der Waals surface area (Å²) in [5, 5.41) is 3.46. The van der Waals surface area contributed by atoms with Crippen LogP contribution in [0.15, 0.2) is 21.1 Å². The molecule has 0 aromatic heterocycles. The number of hydrogen-bond acceptors (Lipinski definition) is 3. The molecule has 108 valence electrons. The molecule has 0 spiro atoms. The van der Waals surface area contributed by atoms with E-state index in [2.05, 4.69) is 62.2 Å². The van der Waals surface area contributed by atoms with Crippen LogP contribution in [0.25, 0.3) is 0 Å². The van der Waals surface area contributed by atoms with Crippen molar-refractivity contribution in [2.24, 2.45) is 0 Å². The minimum Gasteiger partial charge on any atom is -0.495 e. The van der Waals surface area contributed by atoms with Crippen molar-refractivity contribution in [3.63, 3.8) is 0 Å². The summed E-state index contributed by atoms with van der Waals surface area (Å²) in [6.45, 7) is 3.00. The number of unbranched alkanes of at least 4 members (excludes halogenated alkanes) is 1. The molecule has 0 fully saturated rings. The predicted octanol–water partition coefficient (Wildman–Crippen LogP) is 3.65. The van der Waals surface area contributed by atoms with Gasteiger partial charge in [-0.15, -0.1) is 0 Å². The first-order valence-electron chi connectivity index (χ1n) is 6.42. The molecule has 0 aliphatic carbocycles. The Morgan fingerprint density at radius 1 is 1.21 bits per heavy atom. The monoisotopic (exact) mass is 392 g/mol. The van der Waals surface area contributed by atoms with E-state index in [1.54, 1.807) is 7.11 Å². The third kappa shape index (κ3) is 6.25. The van der Waals surface area contributed by atoms with Crippen molar-refractivity contribution >= 4 is 31.9 Å². The van der Waals surface area contributed by atoms with Crippen molar-refractivity contribution in [1.82, 2.24) is 10.2 Å². The van der Waals surface area contributed by atoms with Crippen LogP contribution in [0.3, 0.4) is 0 Å². The SMILES string of the molecule is COc1c(Br)cc(Br)cc1CNCCCCN(C)C.